The second kappa shape index (κ2) is 11.5. The lowest BCUT2D eigenvalue weighted by molar-refractivity contribution is -0.385. The Bertz CT molecular complexity index is 951. The summed E-state index contributed by atoms with van der Waals surface area (Å²) >= 11 is 0. The Morgan fingerprint density at radius 1 is 1.00 bits per heavy atom. The zero-order valence-corrected chi connectivity index (χ0v) is 17.6. The molecule has 2 rings (SSSR count). The van der Waals surface area contributed by atoms with Gasteiger partial charge in [0.15, 0.2) is 5.75 Å². The monoisotopic (exact) mass is 427 g/mol. The van der Waals surface area contributed by atoms with E-state index in [1.165, 1.54) is 43.3 Å². The fourth-order valence-corrected chi connectivity index (χ4v) is 2.56. The Labute approximate surface area is 180 Å². The minimum atomic E-state index is -0.760. The number of ether oxygens (including phenoxy) is 3. The van der Waals surface area contributed by atoms with Crippen LogP contribution < -0.4 is 14.2 Å². The summed E-state index contributed by atoms with van der Waals surface area (Å²) < 4.78 is 15.8. The molecule has 0 atom stereocenters. The fraction of sp³-hybridized carbons (Fsp3) is 0.304. The molecule has 164 valence electrons. The van der Waals surface area contributed by atoms with Crippen LogP contribution in [0.3, 0.4) is 0 Å². The molecule has 0 aliphatic rings. The minimum Gasteiger partial charge on any atom is -0.487 e. The second-order valence-corrected chi connectivity index (χ2v) is 6.88. The number of unbranched alkanes of at least 4 members (excludes halogenated alkanes) is 3. The van der Waals surface area contributed by atoms with Crippen molar-refractivity contribution in [2.45, 2.75) is 39.5 Å². The number of carbonyl (C=O) groups is 2. The van der Waals surface area contributed by atoms with Gasteiger partial charge in [-0.3, -0.25) is 10.1 Å². The number of rotatable bonds is 11. The van der Waals surface area contributed by atoms with Gasteiger partial charge in [0.25, 0.3) is 0 Å². The molecule has 2 aromatic carbocycles. The van der Waals surface area contributed by atoms with Gasteiger partial charge < -0.3 is 14.2 Å². The first kappa shape index (κ1) is 23.6. The Kier molecular flexibility index (Phi) is 8.75. The average Bonchev–Trinajstić information content (AvgIpc) is 2.74. The predicted molar refractivity (Wildman–Crippen MR) is 115 cm³/mol. The molecule has 0 heterocycles. The molecule has 0 N–H and O–H groups in total. The Morgan fingerprint density at radius 2 is 1.65 bits per heavy atom. The van der Waals surface area contributed by atoms with Crippen LogP contribution in [0.2, 0.25) is 0 Å². The summed E-state index contributed by atoms with van der Waals surface area (Å²) in [6, 6.07) is 9.76. The van der Waals surface area contributed by atoms with Crippen molar-refractivity contribution in [1.29, 1.82) is 0 Å². The van der Waals surface area contributed by atoms with Crippen LogP contribution in [0, 0.1) is 10.1 Å². The molecule has 0 saturated carbocycles. The summed E-state index contributed by atoms with van der Waals surface area (Å²) in [7, 11) is 0. The number of nitro benzene ring substituents is 1. The molecule has 0 aliphatic carbocycles. The molecule has 0 amide bonds. The summed E-state index contributed by atoms with van der Waals surface area (Å²) in [4.78, 5) is 34.7. The van der Waals surface area contributed by atoms with E-state index in [0.29, 0.717) is 6.61 Å². The van der Waals surface area contributed by atoms with Gasteiger partial charge in [0.2, 0.25) is 0 Å². The van der Waals surface area contributed by atoms with E-state index in [0.717, 1.165) is 31.7 Å². The Balaban J connectivity index is 2.04. The minimum absolute atomic E-state index is 0.0165. The molecule has 2 aromatic rings. The molecule has 0 aliphatic heterocycles. The zero-order valence-electron chi connectivity index (χ0n) is 17.6. The molecule has 31 heavy (non-hydrogen) atoms. The van der Waals surface area contributed by atoms with E-state index in [1.54, 1.807) is 0 Å². The van der Waals surface area contributed by atoms with E-state index < -0.39 is 16.9 Å². The van der Waals surface area contributed by atoms with Gasteiger partial charge in [0.1, 0.15) is 11.5 Å². The first-order chi connectivity index (χ1) is 14.8. The molecule has 0 saturated heterocycles. The molecular formula is C23H25NO7. The van der Waals surface area contributed by atoms with Gasteiger partial charge in [-0.2, -0.15) is 0 Å². The summed E-state index contributed by atoms with van der Waals surface area (Å²) in [6.45, 7) is 7.48. The predicted octanol–water partition coefficient (Wildman–Crippen LogP) is 5.25. The highest BCUT2D eigenvalue weighted by atomic mass is 16.6. The van der Waals surface area contributed by atoms with Crippen molar-refractivity contribution in [3.05, 3.63) is 70.3 Å². The molecule has 0 spiro atoms. The highest BCUT2D eigenvalue weighted by Crippen LogP contribution is 2.29. The molecule has 0 fully saturated rings. The molecule has 0 bridgehead atoms. The van der Waals surface area contributed by atoms with Crippen LogP contribution in [0.4, 0.5) is 5.69 Å². The SMILES string of the molecule is C=C(C)C(=O)Oc1ccc(OC(=O)c2ccc(OCCCCCC)c([N+](=O)[O-])c2)cc1. The molecule has 8 nitrogen and oxygen atoms in total. The summed E-state index contributed by atoms with van der Waals surface area (Å²) in [6.07, 6.45) is 3.94. The van der Waals surface area contributed by atoms with Gasteiger partial charge in [0, 0.05) is 11.6 Å². The number of esters is 2. The number of carbonyl (C=O) groups excluding carboxylic acids is 2. The van der Waals surface area contributed by atoms with Gasteiger partial charge in [0.05, 0.1) is 17.1 Å². The van der Waals surface area contributed by atoms with Crippen molar-refractivity contribution in [3.8, 4) is 17.2 Å². The fourth-order valence-electron chi connectivity index (χ4n) is 2.56. The first-order valence-corrected chi connectivity index (χ1v) is 9.93. The largest absolute Gasteiger partial charge is 0.487 e. The van der Waals surface area contributed by atoms with E-state index in [1.807, 2.05) is 0 Å². The van der Waals surface area contributed by atoms with Crippen LogP contribution in [0.25, 0.3) is 0 Å². The van der Waals surface area contributed by atoms with E-state index in [9.17, 15) is 19.7 Å². The lowest BCUT2D eigenvalue weighted by Crippen LogP contribution is -2.10. The quantitative estimate of drug-likeness (QED) is 0.120. The lowest BCUT2D eigenvalue weighted by atomic mass is 10.2. The molecule has 0 unspecified atom stereocenters. The Hall–Kier alpha value is -3.68. The molecule has 0 aromatic heterocycles. The summed E-state index contributed by atoms with van der Waals surface area (Å²) in [5, 5.41) is 11.4. The van der Waals surface area contributed by atoms with Crippen molar-refractivity contribution >= 4 is 17.6 Å². The maximum Gasteiger partial charge on any atom is 0.343 e. The number of nitrogens with zero attached hydrogens (tertiary/aromatic N) is 1. The van der Waals surface area contributed by atoms with E-state index >= 15 is 0 Å². The van der Waals surface area contributed by atoms with Gasteiger partial charge in [-0.15, -0.1) is 0 Å². The van der Waals surface area contributed by atoms with Crippen LogP contribution in [-0.4, -0.2) is 23.5 Å². The maximum absolute atomic E-state index is 12.4. The highest BCUT2D eigenvalue weighted by Gasteiger charge is 2.20. The van der Waals surface area contributed by atoms with Crippen molar-refractivity contribution in [2.24, 2.45) is 0 Å². The summed E-state index contributed by atoms with van der Waals surface area (Å²) in [5.74, 6) is -0.751. The standard InChI is InChI=1S/C23H25NO7/c1-4-5-6-7-14-29-21-13-8-17(15-20(21)24(27)28)23(26)31-19-11-9-18(10-12-19)30-22(25)16(2)3/h8-13,15H,2,4-7,14H2,1,3H3. The van der Waals surface area contributed by atoms with Gasteiger partial charge >= 0.3 is 17.6 Å². The third-order valence-electron chi connectivity index (χ3n) is 4.24. The highest BCUT2D eigenvalue weighted by molar-refractivity contribution is 5.92. The Morgan fingerprint density at radius 3 is 2.23 bits per heavy atom. The lowest BCUT2D eigenvalue weighted by Gasteiger charge is -2.09. The summed E-state index contributed by atoms with van der Waals surface area (Å²) in [5.41, 5.74) is -0.0275. The van der Waals surface area contributed by atoms with Crippen LogP contribution in [0.15, 0.2) is 54.6 Å². The molecular weight excluding hydrogens is 402 g/mol. The van der Waals surface area contributed by atoms with Crippen LogP contribution in [0.1, 0.15) is 49.9 Å². The topological polar surface area (TPSA) is 105 Å². The van der Waals surface area contributed by atoms with Crippen molar-refractivity contribution < 1.29 is 28.7 Å². The van der Waals surface area contributed by atoms with Crippen molar-refractivity contribution in [2.75, 3.05) is 6.61 Å². The maximum atomic E-state index is 12.4. The number of benzene rings is 2. The van der Waals surface area contributed by atoms with Crippen LogP contribution in [0.5, 0.6) is 17.2 Å². The first-order valence-electron chi connectivity index (χ1n) is 9.93. The van der Waals surface area contributed by atoms with E-state index in [2.05, 4.69) is 13.5 Å². The van der Waals surface area contributed by atoms with E-state index in [4.69, 9.17) is 14.2 Å². The smallest absolute Gasteiger partial charge is 0.343 e. The van der Waals surface area contributed by atoms with Gasteiger partial charge in [-0.1, -0.05) is 32.8 Å². The third-order valence-corrected chi connectivity index (χ3v) is 4.24. The second-order valence-electron chi connectivity index (χ2n) is 6.88. The number of hydrogen-bond acceptors (Lipinski definition) is 7. The number of nitro groups is 1. The molecule has 0 radical (unpaired) electrons. The zero-order chi connectivity index (χ0) is 22.8. The van der Waals surface area contributed by atoms with Crippen molar-refractivity contribution in [1.82, 2.24) is 0 Å². The molecule has 8 heteroatoms. The van der Waals surface area contributed by atoms with Crippen LogP contribution >= 0.6 is 0 Å². The van der Waals surface area contributed by atoms with Gasteiger partial charge in [-0.05, 0) is 49.7 Å². The number of hydrogen-bond donors (Lipinski definition) is 0. The van der Waals surface area contributed by atoms with Crippen LogP contribution in [-0.2, 0) is 4.79 Å². The van der Waals surface area contributed by atoms with Crippen molar-refractivity contribution in [3.63, 3.8) is 0 Å². The average molecular weight is 427 g/mol. The third kappa shape index (κ3) is 7.26. The van der Waals surface area contributed by atoms with E-state index in [-0.39, 0.29) is 34.1 Å². The van der Waals surface area contributed by atoms with Gasteiger partial charge in [-0.25, -0.2) is 9.59 Å². The normalized spacial score (nSPS) is 10.3.